The molecule has 2 nitrogen and oxygen atoms in total. The zero-order valence-electron chi connectivity index (χ0n) is 24.7. The Bertz CT molecular complexity index is 1740. The van der Waals surface area contributed by atoms with Crippen LogP contribution < -0.4 is 0 Å². The van der Waals surface area contributed by atoms with Crippen molar-refractivity contribution in [2.45, 2.75) is 58.0 Å². The topological polar surface area (TPSA) is 6.48 Å². The largest absolute Gasteiger partial charge is 0.356 e. The van der Waals surface area contributed by atoms with E-state index in [1.807, 2.05) is 6.08 Å². The van der Waals surface area contributed by atoms with Crippen LogP contribution in [0.1, 0.15) is 63.0 Å². The van der Waals surface area contributed by atoms with E-state index in [0.717, 1.165) is 44.9 Å². The quantitative estimate of drug-likeness (QED) is 0.347. The second-order valence-corrected chi connectivity index (χ2v) is 12.4. The summed E-state index contributed by atoms with van der Waals surface area (Å²) in [5, 5.41) is 0. The molecule has 0 amide bonds. The van der Waals surface area contributed by atoms with Crippen LogP contribution in [0.5, 0.6) is 0 Å². The van der Waals surface area contributed by atoms with E-state index in [2.05, 4.69) is 121 Å². The summed E-state index contributed by atoms with van der Waals surface area (Å²) < 4.78 is 0. The molecule has 42 heavy (non-hydrogen) atoms. The summed E-state index contributed by atoms with van der Waals surface area (Å²) in [6, 6.07) is 9.59. The monoisotopic (exact) mass is 546 g/mol. The molecule has 8 rings (SSSR count). The third-order valence-electron chi connectivity index (χ3n) is 10.1. The highest BCUT2D eigenvalue weighted by molar-refractivity contribution is 5.86. The molecule has 2 atom stereocenters. The van der Waals surface area contributed by atoms with Gasteiger partial charge in [-0.3, -0.25) is 0 Å². The minimum absolute atomic E-state index is 0.312. The SMILES string of the molecule is CC1N(C)C2=C(C=C(c3ccc(C4=C5CCC=CC5=C(C5=CCCC=C5)C5=CC=CCC54)cc3)CC2)N1C1=CC=C=C1. The van der Waals surface area contributed by atoms with Crippen LogP contribution in [0, 0.1) is 5.92 Å². The summed E-state index contributed by atoms with van der Waals surface area (Å²) in [5.41, 5.74) is 20.4. The first kappa shape index (κ1) is 25.5. The zero-order valence-corrected chi connectivity index (χ0v) is 24.7. The van der Waals surface area contributed by atoms with Crippen molar-refractivity contribution in [1.29, 1.82) is 0 Å². The van der Waals surface area contributed by atoms with Crippen LogP contribution in [-0.4, -0.2) is 23.0 Å². The van der Waals surface area contributed by atoms with E-state index in [0.29, 0.717) is 12.1 Å². The number of allylic oxidation sites excluding steroid dienone is 19. The molecule has 0 spiro atoms. The van der Waals surface area contributed by atoms with Gasteiger partial charge in [0.2, 0.25) is 0 Å². The molecule has 1 aromatic carbocycles. The molecule has 1 aromatic rings. The number of rotatable bonds is 4. The minimum atomic E-state index is 0.312. The predicted molar refractivity (Wildman–Crippen MR) is 175 cm³/mol. The Kier molecular flexibility index (Phi) is 6.20. The molecule has 2 unspecified atom stereocenters. The molecule has 0 aromatic heterocycles. The van der Waals surface area contributed by atoms with Crippen LogP contribution in [0.25, 0.3) is 11.1 Å². The summed E-state index contributed by atoms with van der Waals surface area (Å²) >= 11 is 0. The highest BCUT2D eigenvalue weighted by Crippen LogP contribution is 2.51. The van der Waals surface area contributed by atoms with Gasteiger partial charge in [-0.05, 0) is 120 Å². The standard InChI is InChI=1S/C40H38N2/c1-27-41(2)37-25-24-31(26-38(37)42(27)32-14-6-7-15-32)28-20-22-30(23-21-28)40-35-18-10-8-16-33(35)39(29-12-4-3-5-13-29)34-17-9-11-19-36(34)40/h4,6,8-10,12-17,20-23,26-27,35H,3,5,11,18-19,24-25H2,1-2H3. The first-order valence-corrected chi connectivity index (χ1v) is 15.8. The lowest BCUT2D eigenvalue weighted by Gasteiger charge is -2.37. The predicted octanol–water partition coefficient (Wildman–Crippen LogP) is 9.47. The van der Waals surface area contributed by atoms with Gasteiger partial charge in [-0.25, -0.2) is 0 Å². The molecule has 1 heterocycles. The molecule has 2 heteroatoms. The Balaban J connectivity index is 1.18. The van der Waals surface area contributed by atoms with Gasteiger partial charge < -0.3 is 9.80 Å². The van der Waals surface area contributed by atoms with Gasteiger partial charge in [-0.2, -0.15) is 0 Å². The molecule has 0 bridgehead atoms. The fourth-order valence-corrected chi connectivity index (χ4v) is 7.98. The summed E-state index contributed by atoms with van der Waals surface area (Å²) in [5.74, 6) is 0.421. The van der Waals surface area contributed by atoms with E-state index in [1.165, 1.54) is 56.1 Å². The molecule has 0 saturated heterocycles. The fraction of sp³-hybridized carbons (Fsp3) is 0.275. The summed E-state index contributed by atoms with van der Waals surface area (Å²) in [4.78, 5) is 4.91. The van der Waals surface area contributed by atoms with Crippen molar-refractivity contribution in [2.75, 3.05) is 7.05 Å². The van der Waals surface area contributed by atoms with E-state index in [-0.39, 0.29) is 0 Å². The molecule has 7 aliphatic rings. The van der Waals surface area contributed by atoms with Gasteiger partial charge in [0.25, 0.3) is 0 Å². The van der Waals surface area contributed by atoms with Crippen LogP contribution in [0.3, 0.4) is 0 Å². The Morgan fingerprint density at radius 2 is 1.74 bits per heavy atom. The van der Waals surface area contributed by atoms with Crippen LogP contribution >= 0.6 is 0 Å². The average molecular weight is 547 g/mol. The maximum atomic E-state index is 3.25. The summed E-state index contributed by atoms with van der Waals surface area (Å²) in [7, 11) is 2.23. The van der Waals surface area contributed by atoms with E-state index >= 15 is 0 Å². The van der Waals surface area contributed by atoms with Gasteiger partial charge >= 0.3 is 0 Å². The number of hydrogen-bond donors (Lipinski definition) is 0. The lowest BCUT2D eigenvalue weighted by Crippen LogP contribution is -2.34. The van der Waals surface area contributed by atoms with E-state index in [4.69, 9.17) is 0 Å². The summed E-state index contributed by atoms with van der Waals surface area (Å²) in [6.45, 7) is 2.30. The van der Waals surface area contributed by atoms with Gasteiger partial charge in [0.05, 0.1) is 11.4 Å². The molecular weight excluding hydrogens is 508 g/mol. The van der Waals surface area contributed by atoms with E-state index in [9.17, 15) is 0 Å². The van der Waals surface area contributed by atoms with Crippen molar-refractivity contribution in [3.8, 4) is 0 Å². The Morgan fingerprint density at radius 3 is 2.55 bits per heavy atom. The second-order valence-electron chi connectivity index (χ2n) is 12.4. The molecule has 0 N–H and O–H groups in total. The highest BCUT2D eigenvalue weighted by Gasteiger charge is 2.37. The van der Waals surface area contributed by atoms with Crippen molar-refractivity contribution in [1.82, 2.24) is 9.80 Å². The Labute approximate surface area is 250 Å². The minimum Gasteiger partial charge on any atom is -0.356 e. The van der Waals surface area contributed by atoms with Gasteiger partial charge in [0, 0.05) is 24.7 Å². The maximum absolute atomic E-state index is 3.25. The third-order valence-corrected chi connectivity index (χ3v) is 10.1. The van der Waals surface area contributed by atoms with Crippen LogP contribution in [0.15, 0.2) is 148 Å². The number of fused-ring (bicyclic) bond motifs is 2. The maximum Gasteiger partial charge on any atom is 0.103 e. The lowest BCUT2D eigenvalue weighted by atomic mass is 9.66. The third kappa shape index (κ3) is 4.01. The van der Waals surface area contributed by atoms with Crippen LogP contribution in [0.2, 0.25) is 0 Å². The van der Waals surface area contributed by atoms with Gasteiger partial charge in [-0.15, -0.1) is 5.73 Å². The summed E-state index contributed by atoms with van der Waals surface area (Å²) in [6.07, 6.45) is 35.8. The van der Waals surface area contributed by atoms with Gasteiger partial charge in [-0.1, -0.05) is 72.9 Å². The van der Waals surface area contributed by atoms with Gasteiger partial charge in [0.1, 0.15) is 6.17 Å². The second kappa shape index (κ2) is 10.2. The van der Waals surface area contributed by atoms with Crippen molar-refractivity contribution in [3.63, 3.8) is 0 Å². The molecule has 0 fully saturated rings. The van der Waals surface area contributed by atoms with Crippen LogP contribution in [0.4, 0.5) is 0 Å². The van der Waals surface area contributed by atoms with Crippen molar-refractivity contribution < 1.29 is 0 Å². The number of benzene rings is 1. The number of nitrogens with zero attached hydrogens (tertiary/aromatic N) is 2. The van der Waals surface area contributed by atoms with Crippen molar-refractivity contribution in [3.05, 3.63) is 159 Å². The molecule has 0 saturated carbocycles. The smallest absolute Gasteiger partial charge is 0.103 e. The first-order chi connectivity index (χ1) is 20.7. The Morgan fingerprint density at radius 1 is 0.881 bits per heavy atom. The number of hydrogen-bond acceptors (Lipinski definition) is 2. The fourth-order valence-electron chi connectivity index (χ4n) is 7.98. The van der Waals surface area contributed by atoms with Crippen LogP contribution in [-0.2, 0) is 0 Å². The van der Waals surface area contributed by atoms with Crippen molar-refractivity contribution >= 4 is 11.1 Å². The van der Waals surface area contributed by atoms with E-state index < -0.39 is 0 Å². The molecular formula is C40H38N2. The van der Waals surface area contributed by atoms with Crippen molar-refractivity contribution in [2.24, 2.45) is 5.92 Å². The first-order valence-electron chi connectivity index (χ1n) is 15.8. The highest BCUT2D eigenvalue weighted by atomic mass is 15.4. The van der Waals surface area contributed by atoms with Gasteiger partial charge in [0.15, 0.2) is 0 Å². The molecule has 6 aliphatic carbocycles. The molecule has 1 aliphatic heterocycles. The molecule has 208 valence electrons. The Hall–Kier alpha value is -4.26. The lowest BCUT2D eigenvalue weighted by molar-refractivity contribution is 0.220. The normalized spacial score (nSPS) is 26.0. The van der Waals surface area contributed by atoms with E-state index in [1.54, 1.807) is 11.1 Å². The average Bonchev–Trinajstić information content (AvgIpc) is 3.66. The molecule has 0 radical (unpaired) electrons. The zero-order chi connectivity index (χ0) is 28.2.